The first-order valence-corrected chi connectivity index (χ1v) is 9.13. The first-order chi connectivity index (χ1) is 12.5. The molecule has 140 valence electrons. The van der Waals surface area contributed by atoms with Crippen LogP contribution in [-0.2, 0) is 11.2 Å². The van der Waals surface area contributed by atoms with Crippen molar-refractivity contribution in [3.05, 3.63) is 71.3 Å². The molecule has 0 radical (unpaired) electrons. The van der Waals surface area contributed by atoms with Crippen LogP contribution in [0.3, 0.4) is 0 Å². The van der Waals surface area contributed by atoms with Crippen LogP contribution < -0.4 is 5.32 Å². The normalized spacial score (nSPS) is 13.6. The molecule has 0 bridgehead atoms. The molecule has 0 aliphatic carbocycles. The largest absolute Gasteiger partial charge is 0.389 e. The zero-order chi connectivity index (χ0) is 18.9. The summed E-state index contributed by atoms with van der Waals surface area (Å²) >= 11 is 0. The van der Waals surface area contributed by atoms with E-state index in [9.17, 15) is 9.90 Å². The van der Waals surface area contributed by atoms with Crippen LogP contribution in [0.2, 0.25) is 0 Å². The van der Waals surface area contributed by atoms with Crippen LogP contribution in [0.25, 0.3) is 0 Å². The molecular weight excluding hydrogens is 326 g/mol. The van der Waals surface area contributed by atoms with Crippen LogP contribution >= 0.6 is 0 Å². The van der Waals surface area contributed by atoms with Crippen LogP contribution in [-0.4, -0.2) is 42.3 Å². The molecule has 0 spiro atoms. The Labute approximate surface area is 156 Å². The average molecular weight is 355 g/mol. The van der Waals surface area contributed by atoms with Crippen LogP contribution in [0.4, 0.5) is 0 Å². The van der Waals surface area contributed by atoms with Gasteiger partial charge in [0.05, 0.1) is 12.7 Å². The monoisotopic (exact) mass is 355 g/mol. The van der Waals surface area contributed by atoms with Crippen molar-refractivity contribution in [2.75, 3.05) is 13.2 Å². The third kappa shape index (κ3) is 6.71. The highest BCUT2D eigenvalue weighted by Crippen LogP contribution is 2.14. The minimum Gasteiger partial charge on any atom is -0.389 e. The topological polar surface area (TPSA) is 58.6 Å². The molecule has 2 aromatic carbocycles. The highest BCUT2D eigenvalue weighted by atomic mass is 16.5. The number of carbonyl (C=O) groups is 1. The molecule has 2 N–H and O–H groups in total. The van der Waals surface area contributed by atoms with Crippen LogP contribution in [0.5, 0.6) is 0 Å². The van der Waals surface area contributed by atoms with Gasteiger partial charge in [0.15, 0.2) is 5.78 Å². The number of ether oxygens (including phenoxy) is 1. The quantitative estimate of drug-likeness (QED) is 0.643. The SMILES string of the molecule is Cc1cccc(CC(OCC(O)CNC(C)C)C(=O)c2ccccc2)c1. The second kappa shape index (κ2) is 10.2. The molecule has 2 atom stereocenters. The van der Waals surface area contributed by atoms with Gasteiger partial charge < -0.3 is 15.2 Å². The number of aliphatic hydroxyl groups is 1. The standard InChI is InChI=1S/C22H29NO3/c1-16(2)23-14-20(24)15-26-21(13-18-9-7-8-17(3)12-18)22(25)19-10-5-4-6-11-19/h4-12,16,20-21,23-24H,13-15H2,1-3H3. The third-order valence-corrected chi connectivity index (χ3v) is 4.11. The molecule has 4 heteroatoms. The highest BCUT2D eigenvalue weighted by molar-refractivity contribution is 5.99. The molecule has 0 amide bonds. The summed E-state index contributed by atoms with van der Waals surface area (Å²) in [6, 6.07) is 17.5. The Bertz CT molecular complexity index is 685. The number of carbonyl (C=O) groups excluding carboxylic acids is 1. The Balaban J connectivity index is 2.07. The lowest BCUT2D eigenvalue weighted by Gasteiger charge is -2.20. The number of aryl methyl sites for hydroxylation is 1. The average Bonchev–Trinajstić information content (AvgIpc) is 2.63. The van der Waals surface area contributed by atoms with Crippen molar-refractivity contribution in [1.82, 2.24) is 5.32 Å². The van der Waals surface area contributed by atoms with E-state index in [2.05, 4.69) is 11.4 Å². The minimum atomic E-state index is -0.652. The molecule has 2 rings (SSSR count). The summed E-state index contributed by atoms with van der Waals surface area (Å²) in [6.45, 7) is 6.63. The van der Waals surface area contributed by atoms with E-state index >= 15 is 0 Å². The molecule has 0 fully saturated rings. The molecule has 0 saturated heterocycles. The number of hydrogen-bond donors (Lipinski definition) is 2. The minimum absolute atomic E-state index is 0.0591. The summed E-state index contributed by atoms with van der Waals surface area (Å²) in [5.41, 5.74) is 2.82. The lowest BCUT2D eigenvalue weighted by molar-refractivity contribution is -0.00217. The van der Waals surface area contributed by atoms with Crippen molar-refractivity contribution in [2.24, 2.45) is 0 Å². The van der Waals surface area contributed by atoms with E-state index in [1.54, 1.807) is 12.1 Å². The summed E-state index contributed by atoms with van der Waals surface area (Å²) in [5.74, 6) is -0.0591. The number of nitrogens with one attached hydrogen (secondary N) is 1. The Morgan fingerprint density at radius 1 is 1.12 bits per heavy atom. The van der Waals surface area contributed by atoms with Gasteiger partial charge in [-0.2, -0.15) is 0 Å². The Kier molecular flexibility index (Phi) is 7.98. The number of aliphatic hydroxyl groups excluding tert-OH is 1. The summed E-state index contributed by atoms with van der Waals surface area (Å²) < 4.78 is 5.86. The first kappa shape index (κ1) is 20.3. The van der Waals surface area contributed by atoms with Crippen LogP contribution in [0.15, 0.2) is 54.6 Å². The highest BCUT2D eigenvalue weighted by Gasteiger charge is 2.22. The summed E-state index contributed by atoms with van der Waals surface area (Å²) in [5, 5.41) is 13.3. The van der Waals surface area contributed by atoms with Crippen LogP contribution in [0, 0.1) is 6.92 Å². The predicted octanol–water partition coefficient (Wildman–Crippen LogP) is 3.16. The number of rotatable bonds is 10. The second-order valence-corrected chi connectivity index (χ2v) is 6.96. The molecule has 0 aliphatic heterocycles. The van der Waals surface area contributed by atoms with Crippen molar-refractivity contribution >= 4 is 5.78 Å². The fraction of sp³-hybridized carbons (Fsp3) is 0.409. The van der Waals surface area contributed by atoms with Crippen molar-refractivity contribution < 1.29 is 14.6 Å². The van der Waals surface area contributed by atoms with Gasteiger partial charge in [-0.3, -0.25) is 4.79 Å². The zero-order valence-electron chi connectivity index (χ0n) is 15.8. The van der Waals surface area contributed by atoms with Gasteiger partial charge in [0.1, 0.15) is 6.10 Å². The number of Topliss-reactive ketones (excluding diaryl/α,β-unsaturated/α-hetero) is 1. The van der Waals surface area contributed by atoms with Crippen molar-refractivity contribution in [3.8, 4) is 0 Å². The van der Waals surface area contributed by atoms with E-state index in [4.69, 9.17) is 4.74 Å². The van der Waals surface area contributed by atoms with Gasteiger partial charge in [0.25, 0.3) is 0 Å². The fourth-order valence-electron chi connectivity index (χ4n) is 2.73. The number of ketones is 1. The van der Waals surface area contributed by atoms with E-state index in [-0.39, 0.29) is 12.4 Å². The summed E-state index contributed by atoms with van der Waals surface area (Å²) in [7, 11) is 0. The van der Waals surface area contributed by atoms with Crippen LogP contribution in [0.1, 0.15) is 35.3 Å². The predicted molar refractivity (Wildman–Crippen MR) is 105 cm³/mol. The van der Waals surface area contributed by atoms with Crippen molar-refractivity contribution in [3.63, 3.8) is 0 Å². The lowest BCUT2D eigenvalue weighted by atomic mass is 9.99. The summed E-state index contributed by atoms with van der Waals surface area (Å²) in [4.78, 5) is 12.9. The molecule has 0 aromatic heterocycles. The van der Waals surface area contributed by atoms with Gasteiger partial charge in [-0.15, -0.1) is 0 Å². The Hall–Kier alpha value is -2.01. The zero-order valence-corrected chi connectivity index (χ0v) is 15.8. The maximum absolute atomic E-state index is 12.9. The smallest absolute Gasteiger partial charge is 0.191 e. The summed E-state index contributed by atoms with van der Waals surface area (Å²) in [6.07, 6.45) is -0.784. The molecule has 0 saturated carbocycles. The van der Waals surface area contributed by atoms with Crippen molar-refractivity contribution in [2.45, 2.75) is 45.4 Å². The van der Waals surface area contributed by atoms with E-state index in [0.29, 0.717) is 24.6 Å². The lowest BCUT2D eigenvalue weighted by Crippen LogP contribution is -2.37. The molecule has 26 heavy (non-hydrogen) atoms. The van der Waals surface area contributed by atoms with Gasteiger partial charge in [-0.1, -0.05) is 74.0 Å². The molecule has 0 heterocycles. The fourth-order valence-corrected chi connectivity index (χ4v) is 2.73. The van der Waals surface area contributed by atoms with E-state index in [1.807, 2.05) is 57.2 Å². The first-order valence-electron chi connectivity index (χ1n) is 9.13. The van der Waals surface area contributed by atoms with Gasteiger partial charge in [0.2, 0.25) is 0 Å². The van der Waals surface area contributed by atoms with Gasteiger partial charge >= 0.3 is 0 Å². The molecule has 2 unspecified atom stereocenters. The molecule has 0 aliphatic rings. The molecular formula is C22H29NO3. The Morgan fingerprint density at radius 2 is 1.85 bits per heavy atom. The molecule has 2 aromatic rings. The third-order valence-electron chi connectivity index (χ3n) is 4.11. The van der Waals surface area contributed by atoms with Gasteiger partial charge in [0, 0.05) is 24.6 Å². The number of hydrogen-bond acceptors (Lipinski definition) is 4. The second-order valence-electron chi connectivity index (χ2n) is 6.96. The number of benzene rings is 2. The van der Waals surface area contributed by atoms with Crippen molar-refractivity contribution in [1.29, 1.82) is 0 Å². The van der Waals surface area contributed by atoms with E-state index in [0.717, 1.165) is 11.1 Å². The maximum Gasteiger partial charge on any atom is 0.191 e. The van der Waals surface area contributed by atoms with E-state index in [1.165, 1.54) is 0 Å². The van der Waals surface area contributed by atoms with Gasteiger partial charge in [-0.05, 0) is 12.5 Å². The van der Waals surface area contributed by atoms with Gasteiger partial charge in [-0.25, -0.2) is 0 Å². The van der Waals surface area contributed by atoms with E-state index < -0.39 is 12.2 Å². The molecule has 4 nitrogen and oxygen atoms in total. The maximum atomic E-state index is 12.9. The Morgan fingerprint density at radius 3 is 2.50 bits per heavy atom.